The number of carboxylic acids is 1. The van der Waals surface area contributed by atoms with E-state index in [1.54, 1.807) is 0 Å². The van der Waals surface area contributed by atoms with Gasteiger partial charge in [-0.25, -0.2) is 32.5 Å². The van der Waals surface area contributed by atoms with E-state index in [2.05, 4.69) is 30.3 Å². The quantitative estimate of drug-likeness (QED) is 0.138. The van der Waals surface area contributed by atoms with Crippen LogP contribution in [-0.4, -0.2) is 97.8 Å². The normalized spacial score (nSPS) is 19.4. The number of hydrogen-bond donors (Lipinski definition) is 2. The van der Waals surface area contributed by atoms with E-state index in [0.29, 0.717) is 17.9 Å². The highest BCUT2D eigenvalue weighted by Gasteiger charge is 2.46. The van der Waals surface area contributed by atoms with E-state index < -0.39 is 41.6 Å². The van der Waals surface area contributed by atoms with E-state index in [1.165, 1.54) is 45.0 Å². The number of carboxylic acid groups (broad SMARTS) is 1. The van der Waals surface area contributed by atoms with Gasteiger partial charge in [0.05, 0.1) is 18.3 Å². The molecule has 2 aliphatic rings. The Morgan fingerprint density at radius 1 is 0.902 bits per heavy atom. The Kier molecular flexibility index (Phi) is 12.2. The molecule has 8 rings (SSSR count). The Morgan fingerprint density at radius 2 is 1.57 bits per heavy atom. The van der Waals surface area contributed by atoms with Crippen molar-refractivity contribution in [2.75, 3.05) is 49.2 Å². The van der Waals surface area contributed by atoms with Crippen LogP contribution < -0.4 is 25.5 Å². The molecule has 15 nitrogen and oxygen atoms in total. The lowest BCUT2D eigenvalue weighted by atomic mass is 10.0. The summed E-state index contributed by atoms with van der Waals surface area (Å²) < 4.78 is 51.4. The van der Waals surface area contributed by atoms with Crippen LogP contribution in [0.25, 0.3) is 5.69 Å². The number of nitrogens with zero attached hydrogens (tertiary/aromatic N) is 8. The summed E-state index contributed by atoms with van der Waals surface area (Å²) in [6.45, 7) is 7.19. The second-order valence-corrected chi connectivity index (χ2v) is 15.3. The zero-order valence-electron chi connectivity index (χ0n) is 33.8. The number of ether oxygens (including phenoxy) is 3. The summed E-state index contributed by atoms with van der Waals surface area (Å²) in [6.07, 6.45) is 4.12. The Morgan fingerprint density at radius 3 is 2.21 bits per heavy atom. The van der Waals surface area contributed by atoms with Crippen molar-refractivity contribution in [1.82, 2.24) is 34.4 Å². The highest BCUT2D eigenvalue weighted by molar-refractivity contribution is 5.74. The predicted molar refractivity (Wildman–Crippen MR) is 222 cm³/mol. The van der Waals surface area contributed by atoms with Gasteiger partial charge in [0.25, 0.3) is 0 Å². The fraction of sp³-hybridized carbons (Fsp3) is 0.341. The summed E-state index contributed by atoms with van der Waals surface area (Å²) >= 11 is 0. The third-order valence-corrected chi connectivity index (χ3v) is 11.3. The Balaban J connectivity index is 0.823. The molecule has 0 amide bonds. The monoisotopic (exact) mass is 835 g/mol. The van der Waals surface area contributed by atoms with E-state index in [4.69, 9.17) is 14.2 Å². The van der Waals surface area contributed by atoms with Crippen LogP contribution in [0.1, 0.15) is 31.0 Å². The first-order chi connectivity index (χ1) is 29.5. The number of nitrogens with one attached hydrogen (secondary N) is 1. The fourth-order valence-corrected chi connectivity index (χ4v) is 7.78. The number of aromatic nitrogens is 6. The molecule has 61 heavy (non-hydrogen) atoms. The molecule has 2 N–H and O–H groups in total. The van der Waals surface area contributed by atoms with Crippen molar-refractivity contribution in [3.63, 3.8) is 0 Å². The first-order valence-corrected chi connectivity index (χ1v) is 20.2. The minimum atomic E-state index is -1.53. The first-order valence-electron chi connectivity index (χ1n) is 20.2. The number of carbonyl (C=O) groups is 1. The SMILES string of the molecule is CC(N[C@@H](Cc1ccccc1)C(=O)O)C(C)n1ncn(-c2ccc(N3CCN(c4ccc(OCC5COC(Cn6cncn6)(c6ccc(F)cc6F)O5)cc4)CC3)cc2)c1=O. The molecule has 5 atom stereocenters. The zero-order chi connectivity index (χ0) is 42.5. The third-order valence-electron chi connectivity index (χ3n) is 11.3. The van der Waals surface area contributed by atoms with Gasteiger partial charge in [0, 0.05) is 55.2 Å². The molecule has 6 aromatic rings. The Bertz CT molecular complexity index is 2440. The highest BCUT2D eigenvalue weighted by Crippen LogP contribution is 2.38. The van der Waals surface area contributed by atoms with Gasteiger partial charge in [-0.05, 0) is 86.5 Å². The molecule has 2 aliphatic heterocycles. The van der Waals surface area contributed by atoms with Gasteiger partial charge < -0.3 is 29.1 Å². The van der Waals surface area contributed by atoms with Crippen molar-refractivity contribution < 1.29 is 32.9 Å². The summed E-state index contributed by atoms with van der Waals surface area (Å²) in [4.78, 5) is 34.1. The van der Waals surface area contributed by atoms with Crippen LogP contribution in [0, 0.1) is 11.6 Å². The second-order valence-electron chi connectivity index (χ2n) is 15.3. The minimum Gasteiger partial charge on any atom is -0.491 e. The molecular formula is C44H47F2N9O6. The van der Waals surface area contributed by atoms with Gasteiger partial charge >= 0.3 is 11.7 Å². The average molecular weight is 836 g/mol. The molecule has 0 radical (unpaired) electrons. The Hall–Kier alpha value is -6.43. The maximum absolute atomic E-state index is 14.9. The number of rotatable bonds is 16. The van der Waals surface area contributed by atoms with Crippen LogP contribution in [0.4, 0.5) is 20.2 Å². The molecule has 0 aliphatic carbocycles. The van der Waals surface area contributed by atoms with Gasteiger partial charge in [-0.15, -0.1) is 0 Å². The minimum absolute atomic E-state index is 0.0150. The van der Waals surface area contributed by atoms with Crippen LogP contribution in [-0.2, 0) is 33.0 Å². The van der Waals surface area contributed by atoms with Crippen molar-refractivity contribution in [2.45, 2.75) is 56.8 Å². The van der Waals surface area contributed by atoms with E-state index in [1.807, 2.05) is 92.7 Å². The lowest BCUT2D eigenvalue weighted by molar-refractivity contribution is -0.192. The summed E-state index contributed by atoms with van der Waals surface area (Å²) in [5.41, 5.74) is 3.45. The number of halogens is 2. The van der Waals surface area contributed by atoms with Gasteiger partial charge in [-0.3, -0.25) is 10.1 Å². The van der Waals surface area contributed by atoms with Crippen molar-refractivity contribution in [2.24, 2.45) is 0 Å². The van der Waals surface area contributed by atoms with Gasteiger partial charge in [-0.2, -0.15) is 10.2 Å². The van der Waals surface area contributed by atoms with Crippen LogP contribution >= 0.6 is 0 Å². The number of piperazine rings is 1. The molecule has 318 valence electrons. The van der Waals surface area contributed by atoms with Crippen LogP contribution in [0.5, 0.6) is 5.75 Å². The maximum atomic E-state index is 14.9. The fourth-order valence-electron chi connectivity index (χ4n) is 7.78. The van der Waals surface area contributed by atoms with Crippen molar-refractivity contribution in [3.05, 3.63) is 149 Å². The van der Waals surface area contributed by atoms with E-state index in [-0.39, 0.29) is 37.1 Å². The molecule has 2 fully saturated rings. The average Bonchev–Trinajstić information content (AvgIpc) is 4.04. The predicted octanol–water partition coefficient (Wildman–Crippen LogP) is 4.81. The second kappa shape index (κ2) is 18.0. The van der Waals surface area contributed by atoms with E-state index in [9.17, 15) is 23.5 Å². The van der Waals surface area contributed by atoms with Gasteiger partial charge in [0.15, 0.2) is 0 Å². The number of anilines is 2. The molecule has 2 aromatic heterocycles. The van der Waals surface area contributed by atoms with E-state index in [0.717, 1.165) is 49.2 Å². The molecule has 0 bridgehead atoms. The van der Waals surface area contributed by atoms with E-state index >= 15 is 0 Å². The molecule has 4 heterocycles. The standard InChI is InChI=1S/C44H47F2N9O6/c1-30(50-41(42(56)57)22-32-6-4-3-5-7-32)31(2)55-43(58)54(29-49-55)36-11-9-34(10-12-36)51-18-20-52(21-19-51)35-13-15-37(16-14-35)59-24-38-25-60-44(61-38,26-53-28-47-27-48-53)39-17-8-33(45)23-40(39)46/h3-17,23,27-31,38,41,50H,18-22,24-26H2,1-2H3,(H,56,57)/t30?,31?,38?,41-,44?/m0/s1. The van der Waals surface area contributed by atoms with Crippen LogP contribution in [0.15, 0.2) is 121 Å². The smallest absolute Gasteiger partial charge is 0.350 e. The van der Waals surface area contributed by atoms with Crippen molar-refractivity contribution >= 4 is 17.3 Å². The zero-order valence-corrected chi connectivity index (χ0v) is 33.8. The number of benzene rings is 4. The summed E-state index contributed by atoms with van der Waals surface area (Å²) in [6, 6.07) is 26.8. The third kappa shape index (κ3) is 9.33. The van der Waals surface area contributed by atoms with Crippen LogP contribution in [0.3, 0.4) is 0 Å². The van der Waals surface area contributed by atoms with Crippen molar-refractivity contribution in [1.29, 1.82) is 0 Å². The largest absolute Gasteiger partial charge is 0.491 e. The molecule has 4 unspecified atom stereocenters. The number of aliphatic carboxylic acids is 1. The van der Waals surface area contributed by atoms with Gasteiger partial charge in [0.1, 0.15) is 61.7 Å². The lowest BCUT2D eigenvalue weighted by Crippen LogP contribution is -2.47. The first kappa shape index (κ1) is 41.3. The summed E-state index contributed by atoms with van der Waals surface area (Å²) in [5, 5.41) is 21.5. The highest BCUT2D eigenvalue weighted by atomic mass is 19.1. The van der Waals surface area contributed by atoms with Gasteiger partial charge in [-0.1, -0.05) is 30.3 Å². The Labute approximate surface area is 350 Å². The molecule has 2 saturated heterocycles. The van der Waals surface area contributed by atoms with Crippen LogP contribution in [0.2, 0.25) is 0 Å². The number of hydrogen-bond acceptors (Lipinski definition) is 11. The molecule has 0 saturated carbocycles. The molecule has 17 heteroatoms. The van der Waals surface area contributed by atoms with Gasteiger partial charge in [0.2, 0.25) is 5.79 Å². The molecular weight excluding hydrogens is 789 g/mol. The topological polar surface area (TPSA) is 154 Å². The lowest BCUT2D eigenvalue weighted by Gasteiger charge is -2.37. The summed E-state index contributed by atoms with van der Waals surface area (Å²) in [5.74, 6) is -3.33. The maximum Gasteiger partial charge on any atom is 0.350 e. The summed E-state index contributed by atoms with van der Waals surface area (Å²) in [7, 11) is 0. The van der Waals surface area contributed by atoms with Crippen molar-refractivity contribution in [3.8, 4) is 11.4 Å². The molecule has 0 spiro atoms. The molecule has 4 aromatic carbocycles.